The average Bonchev–Trinajstić information content (AvgIpc) is 2.85. The van der Waals surface area contributed by atoms with Crippen molar-refractivity contribution in [2.24, 2.45) is 5.92 Å². The van der Waals surface area contributed by atoms with Crippen LogP contribution in [0.1, 0.15) is 23.2 Å². The van der Waals surface area contributed by atoms with E-state index in [4.69, 9.17) is 9.47 Å². The van der Waals surface area contributed by atoms with Gasteiger partial charge in [0.1, 0.15) is 5.75 Å². The Hall–Kier alpha value is -3.87. The minimum Gasteiger partial charge on any atom is -0.493 e. The van der Waals surface area contributed by atoms with Gasteiger partial charge in [0, 0.05) is 42.7 Å². The van der Waals surface area contributed by atoms with Gasteiger partial charge in [-0.05, 0) is 61.4 Å². The highest BCUT2D eigenvalue weighted by Gasteiger charge is 2.27. The largest absolute Gasteiger partial charge is 0.493 e. The maximum atomic E-state index is 12.7. The van der Waals surface area contributed by atoms with Crippen LogP contribution in [0.2, 0.25) is 0 Å². The third kappa shape index (κ3) is 5.06. The lowest BCUT2D eigenvalue weighted by atomic mass is 9.95. The number of anilines is 1. The van der Waals surface area contributed by atoms with E-state index in [0.29, 0.717) is 54.4 Å². The lowest BCUT2D eigenvalue weighted by molar-refractivity contribution is -0.121. The molecule has 164 valence electrons. The van der Waals surface area contributed by atoms with Gasteiger partial charge in [0.25, 0.3) is 5.91 Å². The van der Waals surface area contributed by atoms with E-state index < -0.39 is 0 Å². The van der Waals surface area contributed by atoms with E-state index in [0.717, 1.165) is 0 Å². The quantitative estimate of drug-likeness (QED) is 0.627. The molecule has 1 saturated heterocycles. The lowest BCUT2D eigenvalue weighted by Crippen LogP contribution is -2.41. The number of hydrogen-bond acceptors (Lipinski definition) is 5. The highest BCUT2D eigenvalue weighted by atomic mass is 16.5. The van der Waals surface area contributed by atoms with Crippen LogP contribution in [-0.4, -0.2) is 41.9 Å². The molecule has 1 aliphatic heterocycles. The Balaban J connectivity index is 1.29. The third-order valence-corrected chi connectivity index (χ3v) is 5.50. The zero-order valence-corrected chi connectivity index (χ0v) is 17.9. The summed E-state index contributed by atoms with van der Waals surface area (Å²) in [5.41, 5.74) is 1.33. The van der Waals surface area contributed by atoms with Crippen LogP contribution in [0.15, 0.2) is 73.1 Å². The number of likely N-dealkylation sites (tertiary alicyclic amines) is 1. The average molecular weight is 431 g/mol. The number of ether oxygens (including phenoxy) is 2. The number of amides is 2. The van der Waals surface area contributed by atoms with Crippen LogP contribution in [0.3, 0.4) is 0 Å². The molecule has 7 heteroatoms. The van der Waals surface area contributed by atoms with Crippen LogP contribution in [0, 0.1) is 5.92 Å². The van der Waals surface area contributed by atoms with Crippen molar-refractivity contribution >= 4 is 17.5 Å². The summed E-state index contributed by atoms with van der Waals surface area (Å²) in [5, 5.41) is 2.97. The van der Waals surface area contributed by atoms with Gasteiger partial charge in [-0.3, -0.25) is 14.6 Å². The van der Waals surface area contributed by atoms with E-state index in [1.54, 1.807) is 48.7 Å². The molecule has 0 bridgehead atoms. The van der Waals surface area contributed by atoms with Crippen LogP contribution < -0.4 is 14.8 Å². The Morgan fingerprint density at radius 3 is 2.25 bits per heavy atom. The van der Waals surface area contributed by atoms with E-state index in [1.807, 2.05) is 36.4 Å². The van der Waals surface area contributed by atoms with Gasteiger partial charge in [-0.1, -0.05) is 12.1 Å². The van der Waals surface area contributed by atoms with Gasteiger partial charge in [-0.25, -0.2) is 0 Å². The van der Waals surface area contributed by atoms with Gasteiger partial charge in [-0.2, -0.15) is 0 Å². The van der Waals surface area contributed by atoms with Gasteiger partial charge in [0.05, 0.1) is 7.11 Å². The SMILES string of the molecule is COc1ccccc1Oc1ccc(NC(=O)C2CCN(C(=O)c3ccncc3)CC2)cc1. The number of para-hydroxylation sites is 2. The molecule has 0 saturated carbocycles. The number of nitrogens with zero attached hydrogens (tertiary/aromatic N) is 2. The first-order chi connectivity index (χ1) is 15.6. The molecule has 0 atom stereocenters. The molecule has 7 nitrogen and oxygen atoms in total. The second kappa shape index (κ2) is 9.96. The number of nitrogens with one attached hydrogen (secondary N) is 1. The molecule has 1 aliphatic rings. The van der Waals surface area contributed by atoms with Crippen molar-refractivity contribution in [2.75, 3.05) is 25.5 Å². The van der Waals surface area contributed by atoms with E-state index in [9.17, 15) is 9.59 Å². The van der Waals surface area contributed by atoms with Gasteiger partial charge in [0.15, 0.2) is 11.5 Å². The number of methoxy groups -OCH3 is 1. The van der Waals surface area contributed by atoms with Crippen molar-refractivity contribution in [1.29, 1.82) is 0 Å². The van der Waals surface area contributed by atoms with Crippen molar-refractivity contribution in [2.45, 2.75) is 12.8 Å². The molecule has 0 spiro atoms. The highest BCUT2D eigenvalue weighted by Crippen LogP contribution is 2.31. The first kappa shape index (κ1) is 21.4. The number of rotatable bonds is 6. The van der Waals surface area contributed by atoms with E-state index in [-0.39, 0.29) is 17.7 Å². The number of piperidine rings is 1. The Bertz CT molecular complexity index is 1060. The molecule has 1 aromatic heterocycles. The van der Waals surface area contributed by atoms with Crippen LogP contribution in [0.4, 0.5) is 5.69 Å². The van der Waals surface area contributed by atoms with Crippen LogP contribution in [0.25, 0.3) is 0 Å². The first-order valence-electron chi connectivity index (χ1n) is 10.5. The molecular formula is C25H25N3O4. The molecule has 2 aromatic carbocycles. The smallest absolute Gasteiger partial charge is 0.253 e. The molecule has 0 unspecified atom stereocenters. The fourth-order valence-electron chi connectivity index (χ4n) is 3.70. The van der Waals surface area contributed by atoms with Crippen molar-refractivity contribution in [3.8, 4) is 17.2 Å². The van der Waals surface area contributed by atoms with Gasteiger partial charge in [-0.15, -0.1) is 0 Å². The molecule has 1 N–H and O–H groups in total. The standard InChI is InChI=1S/C25H25N3O4/c1-31-22-4-2-3-5-23(22)32-21-8-6-20(7-9-21)27-24(29)18-12-16-28(17-13-18)25(30)19-10-14-26-15-11-19/h2-11,14-15,18H,12-13,16-17H2,1H3,(H,27,29). The molecule has 4 rings (SSSR count). The number of carbonyl (C=O) groups is 2. The first-order valence-corrected chi connectivity index (χ1v) is 10.5. The Morgan fingerprint density at radius 1 is 0.938 bits per heavy atom. The van der Waals surface area contributed by atoms with E-state index in [2.05, 4.69) is 10.3 Å². The number of hydrogen-bond donors (Lipinski definition) is 1. The number of aromatic nitrogens is 1. The molecule has 0 radical (unpaired) electrons. The molecular weight excluding hydrogens is 406 g/mol. The molecule has 0 aliphatic carbocycles. The second-order valence-corrected chi connectivity index (χ2v) is 7.57. The zero-order valence-electron chi connectivity index (χ0n) is 17.9. The van der Waals surface area contributed by atoms with Crippen molar-refractivity contribution < 1.29 is 19.1 Å². The topological polar surface area (TPSA) is 80.8 Å². The van der Waals surface area contributed by atoms with Crippen molar-refractivity contribution in [3.05, 3.63) is 78.6 Å². The zero-order chi connectivity index (χ0) is 22.3. The number of pyridine rings is 1. The monoisotopic (exact) mass is 431 g/mol. The minimum absolute atomic E-state index is 0.0168. The highest BCUT2D eigenvalue weighted by molar-refractivity contribution is 5.95. The molecule has 1 fully saturated rings. The lowest BCUT2D eigenvalue weighted by Gasteiger charge is -2.31. The summed E-state index contributed by atoms with van der Waals surface area (Å²) in [7, 11) is 1.60. The van der Waals surface area contributed by atoms with Crippen molar-refractivity contribution in [3.63, 3.8) is 0 Å². The van der Waals surface area contributed by atoms with E-state index >= 15 is 0 Å². The summed E-state index contributed by atoms with van der Waals surface area (Å²) >= 11 is 0. The summed E-state index contributed by atoms with van der Waals surface area (Å²) < 4.78 is 11.2. The van der Waals surface area contributed by atoms with Crippen LogP contribution in [0.5, 0.6) is 17.2 Å². The predicted octanol–water partition coefficient (Wildman–Crippen LogP) is 4.37. The third-order valence-electron chi connectivity index (χ3n) is 5.50. The molecule has 2 heterocycles. The van der Waals surface area contributed by atoms with Gasteiger partial charge < -0.3 is 19.7 Å². The fraction of sp³-hybridized carbons (Fsp3) is 0.240. The Labute approximate surface area is 187 Å². The Morgan fingerprint density at radius 2 is 1.59 bits per heavy atom. The minimum atomic E-state index is -0.124. The maximum Gasteiger partial charge on any atom is 0.253 e. The second-order valence-electron chi connectivity index (χ2n) is 7.57. The summed E-state index contributed by atoms with van der Waals surface area (Å²) in [6.45, 7) is 1.12. The van der Waals surface area contributed by atoms with E-state index in [1.165, 1.54) is 0 Å². The number of benzene rings is 2. The van der Waals surface area contributed by atoms with Crippen molar-refractivity contribution in [1.82, 2.24) is 9.88 Å². The fourth-order valence-corrected chi connectivity index (χ4v) is 3.70. The summed E-state index contributed by atoms with van der Waals surface area (Å²) in [5.74, 6) is 1.76. The normalized spacial score (nSPS) is 14.0. The van der Waals surface area contributed by atoms with Crippen LogP contribution in [-0.2, 0) is 4.79 Å². The molecule has 2 amide bonds. The molecule has 3 aromatic rings. The van der Waals surface area contributed by atoms with Crippen LogP contribution >= 0.6 is 0 Å². The molecule has 32 heavy (non-hydrogen) atoms. The van der Waals surface area contributed by atoms with Gasteiger partial charge >= 0.3 is 0 Å². The summed E-state index contributed by atoms with van der Waals surface area (Å²) in [6.07, 6.45) is 4.50. The number of carbonyl (C=O) groups excluding carboxylic acids is 2. The maximum absolute atomic E-state index is 12.7. The Kier molecular flexibility index (Phi) is 6.65. The predicted molar refractivity (Wildman–Crippen MR) is 121 cm³/mol. The van der Waals surface area contributed by atoms with Gasteiger partial charge in [0.2, 0.25) is 5.91 Å². The summed E-state index contributed by atoms with van der Waals surface area (Å²) in [4.78, 5) is 31.0. The summed E-state index contributed by atoms with van der Waals surface area (Å²) in [6, 6.07) is 18.1.